The molecule has 3 N–H and O–H groups in total. The Morgan fingerprint density at radius 3 is 2.64 bits per heavy atom. The zero-order valence-corrected chi connectivity index (χ0v) is 13.9. The van der Waals surface area contributed by atoms with Gasteiger partial charge in [0.15, 0.2) is 0 Å². The van der Waals surface area contributed by atoms with Crippen LogP contribution in [0.3, 0.4) is 0 Å². The zero-order valence-electron chi connectivity index (χ0n) is 13.9. The van der Waals surface area contributed by atoms with E-state index < -0.39 is 6.10 Å². The fourth-order valence-electron chi connectivity index (χ4n) is 2.71. The van der Waals surface area contributed by atoms with Gasteiger partial charge in [-0.15, -0.1) is 0 Å². The average molecular weight is 335 g/mol. The summed E-state index contributed by atoms with van der Waals surface area (Å²) in [4.78, 5) is 16.3. The smallest absolute Gasteiger partial charge is 0.315 e. The van der Waals surface area contributed by atoms with Crippen LogP contribution in [0.2, 0.25) is 0 Å². The van der Waals surface area contributed by atoms with Crippen molar-refractivity contribution in [2.75, 3.05) is 6.54 Å². The summed E-state index contributed by atoms with van der Waals surface area (Å²) in [5.74, 6) is 0. The van der Waals surface area contributed by atoms with Gasteiger partial charge in [0.1, 0.15) is 0 Å². The van der Waals surface area contributed by atoms with Crippen LogP contribution in [0.5, 0.6) is 0 Å². The largest absolute Gasteiger partial charge is 0.388 e. The summed E-state index contributed by atoms with van der Waals surface area (Å²) in [6, 6.07) is 19.0. The molecule has 5 heteroatoms. The summed E-state index contributed by atoms with van der Waals surface area (Å²) in [6.45, 7) is 0.803. The van der Waals surface area contributed by atoms with Crippen molar-refractivity contribution in [3.05, 3.63) is 78.0 Å². The molecule has 2 amide bonds. The molecule has 0 spiro atoms. The molecule has 0 aliphatic heterocycles. The minimum Gasteiger partial charge on any atom is -0.388 e. The van der Waals surface area contributed by atoms with Crippen molar-refractivity contribution >= 4 is 16.9 Å². The lowest BCUT2D eigenvalue weighted by Gasteiger charge is -2.12. The highest BCUT2D eigenvalue weighted by Crippen LogP contribution is 2.16. The van der Waals surface area contributed by atoms with Crippen molar-refractivity contribution in [1.29, 1.82) is 0 Å². The van der Waals surface area contributed by atoms with Crippen LogP contribution in [-0.2, 0) is 6.54 Å². The molecule has 2 aromatic carbocycles. The molecule has 1 heterocycles. The summed E-state index contributed by atoms with van der Waals surface area (Å²) in [6.07, 6.45) is 1.63. The lowest BCUT2D eigenvalue weighted by atomic mass is 10.1. The van der Waals surface area contributed by atoms with E-state index in [0.29, 0.717) is 19.5 Å². The number of carbonyl (C=O) groups excluding carboxylic acids is 1. The van der Waals surface area contributed by atoms with Crippen molar-refractivity contribution in [3.63, 3.8) is 0 Å². The molecule has 3 rings (SSSR count). The SMILES string of the molecule is O=C(NCCC(O)c1ccccc1)NCc1cccc2cccnc12. The summed E-state index contributed by atoms with van der Waals surface area (Å²) in [5.41, 5.74) is 2.72. The first kappa shape index (κ1) is 16.9. The number of nitrogens with zero attached hydrogens (tertiary/aromatic N) is 1. The second-order valence-electron chi connectivity index (χ2n) is 5.82. The predicted molar refractivity (Wildman–Crippen MR) is 98.0 cm³/mol. The Labute approximate surface area is 146 Å². The first-order chi connectivity index (χ1) is 12.2. The fraction of sp³-hybridized carbons (Fsp3) is 0.200. The average Bonchev–Trinajstić information content (AvgIpc) is 2.67. The predicted octanol–water partition coefficient (Wildman–Crippen LogP) is 3.16. The summed E-state index contributed by atoms with van der Waals surface area (Å²) in [7, 11) is 0. The number of hydrogen-bond donors (Lipinski definition) is 3. The number of fused-ring (bicyclic) bond motifs is 1. The number of hydrogen-bond acceptors (Lipinski definition) is 3. The lowest BCUT2D eigenvalue weighted by molar-refractivity contribution is 0.167. The minimum atomic E-state index is -0.580. The van der Waals surface area contributed by atoms with E-state index in [0.717, 1.165) is 22.0 Å². The Morgan fingerprint density at radius 2 is 1.80 bits per heavy atom. The monoisotopic (exact) mass is 335 g/mol. The number of urea groups is 1. The number of carbonyl (C=O) groups is 1. The molecule has 0 fully saturated rings. The van der Waals surface area contributed by atoms with Gasteiger partial charge in [-0.1, -0.05) is 54.6 Å². The van der Waals surface area contributed by atoms with Gasteiger partial charge < -0.3 is 15.7 Å². The molecule has 0 aliphatic carbocycles. The van der Waals surface area contributed by atoms with E-state index in [1.54, 1.807) is 6.20 Å². The van der Waals surface area contributed by atoms with Gasteiger partial charge in [-0.05, 0) is 23.6 Å². The Kier molecular flexibility index (Phi) is 5.59. The summed E-state index contributed by atoms with van der Waals surface area (Å²) >= 11 is 0. The highest BCUT2D eigenvalue weighted by molar-refractivity contribution is 5.82. The van der Waals surface area contributed by atoms with E-state index in [1.165, 1.54) is 0 Å². The van der Waals surface area contributed by atoms with Crippen LogP contribution in [0.25, 0.3) is 10.9 Å². The number of aliphatic hydroxyl groups is 1. The van der Waals surface area contributed by atoms with Crippen LogP contribution in [0.15, 0.2) is 66.9 Å². The third kappa shape index (κ3) is 4.55. The fourth-order valence-corrected chi connectivity index (χ4v) is 2.71. The number of pyridine rings is 1. The molecule has 0 saturated carbocycles. The molecule has 1 atom stereocenters. The third-order valence-electron chi connectivity index (χ3n) is 4.04. The Hall–Kier alpha value is -2.92. The van der Waals surface area contributed by atoms with Gasteiger partial charge in [-0.25, -0.2) is 4.79 Å². The number of rotatable bonds is 6. The van der Waals surface area contributed by atoms with E-state index in [-0.39, 0.29) is 6.03 Å². The minimum absolute atomic E-state index is 0.256. The number of aliphatic hydroxyl groups excluding tert-OH is 1. The van der Waals surface area contributed by atoms with E-state index in [1.807, 2.05) is 60.7 Å². The van der Waals surface area contributed by atoms with Crippen LogP contribution in [0.4, 0.5) is 4.79 Å². The Morgan fingerprint density at radius 1 is 1.00 bits per heavy atom. The molecule has 3 aromatic rings. The maximum Gasteiger partial charge on any atom is 0.315 e. The Bertz CT molecular complexity index is 831. The molecular weight excluding hydrogens is 314 g/mol. The van der Waals surface area contributed by atoms with Gasteiger partial charge in [0.2, 0.25) is 0 Å². The number of amides is 2. The molecule has 128 valence electrons. The highest BCUT2D eigenvalue weighted by atomic mass is 16.3. The Balaban J connectivity index is 1.47. The molecule has 0 aliphatic rings. The standard InChI is InChI=1S/C20H21N3O2/c24-18(15-6-2-1-3-7-15)11-13-22-20(25)23-14-17-9-4-8-16-10-5-12-21-19(16)17/h1-10,12,18,24H,11,13-14H2,(H2,22,23,25). The van der Waals surface area contributed by atoms with Gasteiger partial charge in [0.25, 0.3) is 0 Å². The highest BCUT2D eigenvalue weighted by Gasteiger charge is 2.08. The van der Waals surface area contributed by atoms with Crippen LogP contribution < -0.4 is 10.6 Å². The number of para-hydroxylation sites is 1. The van der Waals surface area contributed by atoms with E-state index in [2.05, 4.69) is 15.6 Å². The lowest BCUT2D eigenvalue weighted by Crippen LogP contribution is -2.36. The van der Waals surface area contributed by atoms with Crippen molar-refractivity contribution < 1.29 is 9.90 Å². The second-order valence-corrected chi connectivity index (χ2v) is 5.82. The quantitative estimate of drug-likeness (QED) is 0.648. The van der Waals surface area contributed by atoms with Gasteiger partial charge >= 0.3 is 6.03 Å². The molecule has 1 aromatic heterocycles. The maximum absolute atomic E-state index is 11.9. The van der Waals surface area contributed by atoms with Gasteiger partial charge in [0, 0.05) is 24.7 Å². The molecule has 1 unspecified atom stereocenters. The van der Waals surface area contributed by atoms with Gasteiger partial charge in [-0.2, -0.15) is 0 Å². The van der Waals surface area contributed by atoms with Crippen LogP contribution >= 0.6 is 0 Å². The van der Waals surface area contributed by atoms with Crippen LogP contribution in [0, 0.1) is 0 Å². The second kappa shape index (κ2) is 8.26. The van der Waals surface area contributed by atoms with Crippen molar-refractivity contribution in [2.24, 2.45) is 0 Å². The number of nitrogens with one attached hydrogen (secondary N) is 2. The molecule has 5 nitrogen and oxygen atoms in total. The van der Waals surface area contributed by atoms with Crippen LogP contribution in [-0.4, -0.2) is 22.7 Å². The first-order valence-corrected chi connectivity index (χ1v) is 8.31. The normalized spacial score (nSPS) is 11.9. The molecule has 0 saturated heterocycles. The van der Waals surface area contributed by atoms with E-state index in [4.69, 9.17) is 0 Å². The van der Waals surface area contributed by atoms with Gasteiger partial charge in [0.05, 0.1) is 11.6 Å². The topological polar surface area (TPSA) is 74.2 Å². The molecule has 0 radical (unpaired) electrons. The zero-order chi connectivity index (χ0) is 17.5. The number of benzene rings is 2. The molecular formula is C20H21N3O2. The van der Waals surface area contributed by atoms with Crippen molar-refractivity contribution in [3.8, 4) is 0 Å². The van der Waals surface area contributed by atoms with Crippen LogP contribution in [0.1, 0.15) is 23.7 Å². The number of aromatic nitrogens is 1. The van der Waals surface area contributed by atoms with Crippen molar-refractivity contribution in [2.45, 2.75) is 19.1 Å². The van der Waals surface area contributed by atoms with Crippen molar-refractivity contribution in [1.82, 2.24) is 15.6 Å². The molecule has 0 bridgehead atoms. The summed E-state index contributed by atoms with van der Waals surface area (Å²) in [5, 5.41) is 16.7. The summed E-state index contributed by atoms with van der Waals surface area (Å²) < 4.78 is 0. The van der Waals surface area contributed by atoms with E-state index >= 15 is 0 Å². The first-order valence-electron chi connectivity index (χ1n) is 8.31. The third-order valence-corrected chi connectivity index (χ3v) is 4.04. The molecule has 25 heavy (non-hydrogen) atoms. The van der Waals surface area contributed by atoms with Gasteiger partial charge in [-0.3, -0.25) is 4.98 Å². The van der Waals surface area contributed by atoms with E-state index in [9.17, 15) is 9.90 Å². The maximum atomic E-state index is 11.9.